The number of hydrogen-bond acceptors (Lipinski definition) is 6. The fourth-order valence-electron chi connectivity index (χ4n) is 2.97. The Hall–Kier alpha value is -2.81. The predicted octanol–water partition coefficient (Wildman–Crippen LogP) is 1.57. The highest BCUT2D eigenvalue weighted by molar-refractivity contribution is 5.75. The SMILES string of the molecule is CC(C)(C)OC(=O)C(O)COc1ccc2nc(CC3CN(C(=O)O)C3)cn2c1. The number of rotatable bonds is 6. The number of fused-ring (bicyclic) bond motifs is 1. The third-order valence-corrected chi connectivity index (χ3v) is 4.29. The van der Waals surface area contributed by atoms with Crippen LogP contribution in [0.2, 0.25) is 0 Å². The van der Waals surface area contributed by atoms with Gasteiger partial charge in [-0.15, -0.1) is 0 Å². The first kappa shape index (κ1) is 19.9. The number of carboxylic acid groups (broad SMARTS) is 1. The van der Waals surface area contributed by atoms with E-state index in [9.17, 15) is 14.7 Å². The van der Waals surface area contributed by atoms with Crippen molar-refractivity contribution in [1.82, 2.24) is 14.3 Å². The van der Waals surface area contributed by atoms with Crippen LogP contribution in [-0.2, 0) is 16.0 Å². The molecule has 0 bridgehead atoms. The van der Waals surface area contributed by atoms with E-state index in [1.54, 1.807) is 43.5 Å². The van der Waals surface area contributed by atoms with Crippen molar-refractivity contribution in [2.24, 2.45) is 5.92 Å². The number of hydrogen-bond donors (Lipinski definition) is 2. The second-order valence-corrected chi connectivity index (χ2v) is 7.98. The summed E-state index contributed by atoms with van der Waals surface area (Å²) in [5.74, 6) is 0.0369. The summed E-state index contributed by atoms with van der Waals surface area (Å²) >= 11 is 0. The van der Waals surface area contributed by atoms with Crippen LogP contribution >= 0.6 is 0 Å². The lowest BCUT2D eigenvalue weighted by Crippen LogP contribution is -2.50. The molecule has 2 aromatic heterocycles. The number of aromatic nitrogens is 2. The summed E-state index contributed by atoms with van der Waals surface area (Å²) in [6.07, 6.45) is 2.04. The summed E-state index contributed by atoms with van der Waals surface area (Å²) < 4.78 is 12.4. The van der Waals surface area contributed by atoms with Gasteiger partial charge in [-0.1, -0.05) is 0 Å². The number of nitrogens with zero attached hydrogens (tertiary/aromatic N) is 3. The third-order valence-electron chi connectivity index (χ3n) is 4.29. The zero-order valence-corrected chi connectivity index (χ0v) is 16.2. The Morgan fingerprint density at radius 1 is 1.29 bits per heavy atom. The summed E-state index contributed by atoms with van der Waals surface area (Å²) in [6.45, 7) is 6.03. The minimum Gasteiger partial charge on any atom is -0.489 e. The second-order valence-electron chi connectivity index (χ2n) is 7.98. The molecule has 1 atom stereocenters. The first-order valence-corrected chi connectivity index (χ1v) is 9.10. The van der Waals surface area contributed by atoms with Gasteiger partial charge in [0.05, 0.1) is 11.9 Å². The van der Waals surface area contributed by atoms with Crippen LogP contribution in [0, 0.1) is 5.92 Å². The number of carbonyl (C=O) groups is 2. The molecule has 1 amide bonds. The maximum Gasteiger partial charge on any atom is 0.407 e. The van der Waals surface area contributed by atoms with Gasteiger partial charge in [-0.3, -0.25) is 0 Å². The second kappa shape index (κ2) is 7.67. The first-order valence-electron chi connectivity index (χ1n) is 9.10. The van der Waals surface area contributed by atoms with Gasteiger partial charge >= 0.3 is 12.1 Å². The van der Waals surface area contributed by atoms with E-state index in [4.69, 9.17) is 14.6 Å². The van der Waals surface area contributed by atoms with Crippen LogP contribution in [0.5, 0.6) is 5.75 Å². The highest BCUT2D eigenvalue weighted by Crippen LogP contribution is 2.21. The lowest BCUT2D eigenvalue weighted by atomic mass is 9.95. The number of pyridine rings is 1. The number of imidazole rings is 1. The largest absolute Gasteiger partial charge is 0.489 e. The van der Waals surface area contributed by atoms with E-state index in [0.29, 0.717) is 25.3 Å². The molecule has 3 heterocycles. The molecule has 28 heavy (non-hydrogen) atoms. The van der Waals surface area contributed by atoms with E-state index >= 15 is 0 Å². The predicted molar refractivity (Wildman–Crippen MR) is 99.3 cm³/mol. The zero-order chi connectivity index (χ0) is 20.5. The van der Waals surface area contributed by atoms with Crippen LogP contribution in [0.15, 0.2) is 24.5 Å². The van der Waals surface area contributed by atoms with E-state index in [1.165, 1.54) is 4.90 Å². The van der Waals surface area contributed by atoms with Gasteiger partial charge in [0.25, 0.3) is 0 Å². The van der Waals surface area contributed by atoms with Crippen LogP contribution in [0.4, 0.5) is 4.79 Å². The lowest BCUT2D eigenvalue weighted by Gasteiger charge is -2.36. The van der Waals surface area contributed by atoms with E-state index in [-0.39, 0.29) is 12.5 Å². The zero-order valence-electron chi connectivity index (χ0n) is 16.2. The Morgan fingerprint density at radius 3 is 2.64 bits per heavy atom. The molecule has 1 unspecified atom stereocenters. The summed E-state index contributed by atoms with van der Waals surface area (Å²) in [5, 5.41) is 18.8. The number of esters is 1. The molecule has 152 valence electrons. The summed E-state index contributed by atoms with van der Waals surface area (Å²) in [7, 11) is 0. The van der Waals surface area contributed by atoms with Crippen LogP contribution < -0.4 is 4.74 Å². The fraction of sp³-hybridized carbons (Fsp3) is 0.526. The maximum atomic E-state index is 11.8. The Labute approximate surface area is 162 Å². The van der Waals surface area contributed by atoms with Crippen LogP contribution in [-0.4, -0.2) is 68.0 Å². The van der Waals surface area contributed by atoms with Crippen molar-refractivity contribution in [3.63, 3.8) is 0 Å². The van der Waals surface area contributed by atoms with E-state index in [1.807, 2.05) is 6.20 Å². The first-order chi connectivity index (χ1) is 13.1. The molecule has 9 nitrogen and oxygen atoms in total. The normalized spacial score (nSPS) is 15.9. The van der Waals surface area contributed by atoms with Crippen LogP contribution in [0.1, 0.15) is 26.5 Å². The van der Waals surface area contributed by atoms with Gasteiger partial charge in [-0.2, -0.15) is 0 Å². The number of amides is 1. The average Bonchev–Trinajstić information content (AvgIpc) is 2.95. The Bertz CT molecular complexity index is 866. The molecule has 0 radical (unpaired) electrons. The standard InChI is InChI=1S/C19H25N3O6/c1-19(2,3)28-17(24)15(23)11-27-14-4-5-16-20-13(9-21(16)10-14)6-12-7-22(8-12)18(25)26/h4-5,9-10,12,15,23H,6-8,11H2,1-3H3,(H,25,26). The van der Waals surface area contributed by atoms with Gasteiger partial charge in [0.2, 0.25) is 0 Å². The molecule has 0 saturated carbocycles. The minimum absolute atomic E-state index is 0.213. The lowest BCUT2D eigenvalue weighted by molar-refractivity contribution is -0.166. The van der Waals surface area contributed by atoms with Crippen molar-refractivity contribution in [2.45, 2.75) is 38.9 Å². The molecule has 0 spiro atoms. The van der Waals surface area contributed by atoms with E-state index in [0.717, 1.165) is 11.3 Å². The summed E-state index contributed by atoms with van der Waals surface area (Å²) in [6, 6.07) is 3.49. The molecule has 0 aliphatic carbocycles. The topological polar surface area (TPSA) is 114 Å². The highest BCUT2D eigenvalue weighted by atomic mass is 16.6. The average molecular weight is 391 g/mol. The molecule has 1 fully saturated rings. The third kappa shape index (κ3) is 4.92. The van der Waals surface area contributed by atoms with Gasteiger partial charge in [0.15, 0.2) is 6.10 Å². The molecule has 1 aliphatic rings. The number of aliphatic hydroxyl groups excluding tert-OH is 1. The van der Waals surface area contributed by atoms with Crippen molar-refractivity contribution in [3.05, 3.63) is 30.2 Å². The number of ether oxygens (including phenoxy) is 2. The molecule has 1 aliphatic heterocycles. The van der Waals surface area contributed by atoms with Gasteiger partial charge in [0, 0.05) is 19.3 Å². The van der Waals surface area contributed by atoms with Gasteiger partial charge < -0.3 is 29.0 Å². The Morgan fingerprint density at radius 2 is 2.00 bits per heavy atom. The monoisotopic (exact) mass is 391 g/mol. The number of aliphatic hydroxyl groups is 1. The maximum absolute atomic E-state index is 11.8. The fourth-order valence-corrected chi connectivity index (χ4v) is 2.97. The summed E-state index contributed by atoms with van der Waals surface area (Å²) in [4.78, 5) is 28.5. The van der Waals surface area contributed by atoms with E-state index in [2.05, 4.69) is 4.98 Å². The van der Waals surface area contributed by atoms with Crippen LogP contribution in [0.3, 0.4) is 0 Å². The highest BCUT2D eigenvalue weighted by Gasteiger charge is 2.31. The van der Waals surface area contributed by atoms with Crippen molar-refractivity contribution < 1.29 is 29.3 Å². The molecular formula is C19H25N3O6. The van der Waals surface area contributed by atoms with Crippen LogP contribution in [0.25, 0.3) is 5.65 Å². The summed E-state index contributed by atoms with van der Waals surface area (Å²) in [5.41, 5.74) is 0.942. The number of likely N-dealkylation sites (tertiary alicyclic amines) is 1. The Balaban J connectivity index is 1.55. The van der Waals surface area contributed by atoms with Crippen molar-refractivity contribution in [3.8, 4) is 5.75 Å². The molecule has 2 aromatic rings. The smallest absolute Gasteiger partial charge is 0.407 e. The molecule has 0 aromatic carbocycles. The molecule has 9 heteroatoms. The minimum atomic E-state index is -1.37. The molecule has 1 saturated heterocycles. The van der Waals surface area contributed by atoms with Crippen molar-refractivity contribution in [2.75, 3.05) is 19.7 Å². The van der Waals surface area contributed by atoms with Crippen molar-refractivity contribution >= 4 is 17.7 Å². The van der Waals surface area contributed by atoms with Gasteiger partial charge in [0.1, 0.15) is 23.6 Å². The van der Waals surface area contributed by atoms with Gasteiger partial charge in [-0.05, 0) is 45.2 Å². The number of carbonyl (C=O) groups excluding carboxylic acids is 1. The quantitative estimate of drug-likeness (QED) is 0.719. The molecule has 2 N–H and O–H groups in total. The van der Waals surface area contributed by atoms with Gasteiger partial charge in [-0.25, -0.2) is 14.6 Å². The molecule has 3 rings (SSSR count). The van der Waals surface area contributed by atoms with Crippen molar-refractivity contribution in [1.29, 1.82) is 0 Å². The van der Waals surface area contributed by atoms with E-state index < -0.39 is 23.8 Å². The molecular weight excluding hydrogens is 366 g/mol. The Kier molecular flexibility index (Phi) is 5.46.